The fourth-order valence-electron chi connectivity index (χ4n) is 2.28. The van der Waals surface area contributed by atoms with Crippen molar-refractivity contribution in [2.45, 2.75) is 77.7 Å². The Morgan fingerprint density at radius 3 is 2.30 bits per heavy atom. The standard InChI is InChI=1S/C17H36N2O3Si/c1-16(2,3)22-15(20)19-14-9-13(10-18-11-14)12-21-23(7,8)17(4,5)6/h13-14,18H,9-12H2,1-8H3,(H,19,20). The molecule has 0 aromatic heterocycles. The van der Waals surface area contributed by atoms with Gasteiger partial charge in [-0.15, -0.1) is 0 Å². The quantitative estimate of drug-likeness (QED) is 0.766. The molecule has 0 spiro atoms. The number of ether oxygens (including phenoxy) is 1. The summed E-state index contributed by atoms with van der Waals surface area (Å²) in [6.07, 6.45) is 0.594. The number of piperidine rings is 1. The first-order chi connectivity index (χ1) is 10.3. The van der Waals surface area contributed by atoms with E-state index < -0.39 is 13.9 Å². The largest absolute Gasteiger partial charge is 0.444 e. The van der Waals surface area contributed by atoms with Crippen LogP contribution in [0.1, 0.15) is 48.0 Å². The van der Waals surface area contributed by atoms with Crippen molar-refractivity contribution in [3.63, 3.8) is 0 Å². The van der Waals surface area contributed by atoms with Gasteiger partial charge in [0.25, 0.3) is 0 Å². The van der Waals surface area contributed by atoms with E-state index in [2.05, 4.69) is 44.5 Å². The average molecular weight is 345 g/mol. The summed E-state index contributed by atoms with van der Waals surface area (Å²) >= 11 is 0. The molecule has 5 nitrogen and oxygen atoms in total. The Hall–Kier alpha value is -0.593. The maximum Gasteiger partial charge on any atom is 0.407 e. The van der Waals surface area contributed by atoms with Gasteiger partial charge < -0.3 is 19.8 Å². The van der Waals surface area contributed by atoms with Crippen LogP contribution in [0.15, 0.2) is 0 Å². The smallest absolute Gasteiger partial charge is 0.407 e. The molecule has 1 rings (SSSR count). The van der Waals surface area contributed by atoms with Crippen LogP contribution < -0.4 is 10.6 Å². The first-order valence-electron chi connectivity index (χ1n) is 8.64. The van der Waals surface area contributed by atoms with Crippen LogP contribution >= 0.6 is 0 Å². The number of amides is 1. The molecule has 23 heavy (non-hydrogen) atoms. The molecule has 1 amide bonds. The maximum atomic E-state index is 11.9. The Labute approximate surface area is 143 Å². The van der Waals surface area contributed by atoms with Crippen LogP contribution in [0.3, 0.4) is 0 Å². The Morgan fingerprint density at radius 1 is 1.17 bits per heavy atom. The van der Waals surface area contributed by atoms with Gasteiger partial charge in [0.1, 0.15) is 5.60 Å². The first kappa shape index (κ1) is 20.5. The third-order valence-corrected chi connectivity index (χ3v) is 9.15. The summed E-state index contributed by atoms with van der Waals surface area (Å²) in [5.41, 5.74) is -0.461. The minimum absolute atomic E-state index is 0.103. The fraction of sp³-hybridized carbons (Fsp3) is 0.941. The van der Waals surface area contributed by atoms with Gasteiger partial charge in [0.15, 0.2) is 8.32 Å². The van der Waals surface area contributed by atoms with Gasteiger partial charge in [-0.3, -0.25) is 0 Å². The van der Waals surface area contributed by atoms with Crippen LogP contribution in [0, 0.1) is 5.92 Å². The van der Waals surface area contributed by atoms with Crippen LogP contribution in [0.4, 0.5) is 4.79 Å². The lowest BCUT2D eigenvalue weighted by molar-refractivity contribution is 0.0483. The van der Waals surface area contributed by atoms with Crippen LogP contribution in [0.25, 0.3) is 0 Å². The Morgan fingerprint density at radius 2 is 1.78 bits per heavy atom. The molecule has 0 aliphatic carbocycles. The van der Waals surface area contributed by atoms with E-state index in [4.69, 9.17) is 9.16 Å². The Balaban J connectivity index is 2.45. The summed E-state index contributed by atoms with van der Waals surface area (Å²) in [6, 6.07) is 0.103. The van der Waals surface area contributed by atoms with Crippen molar-refractivity contribution in [3.8, 4) is 0 Å². The zero-order valence-corrected chi connectivity index (χ0v) is 17.2. The summed E-state index contributed by atoms with van der Waals surface area (Å²) < 4.78 is 11.7. The van der Waals surface area contributed by atoms with E-state index >= 15 is 0 Å². The van der Waals surface area contributed by atoms with Crippen LogP contribution in [0.2, 0.25) is 18.1 Å². The number of alkyl carbamates (subject to hydrolysis) is 1. The Kier molecular flexibility index (Phi) is 6.70. The minimum Gasteiger partial charge on any atom is -0.444 e. The predicted octanol–water partition coefficient (Wildman–Crippen LogP) is 3.51. The molecule has 1 saturated heterocycles. The summed E-state index contributed by atoms with van der Waals surface area (Å²) in [5, 5.41) is 6.58. The second-order valence-electron chi connectivity index (χ2n) is 9.17. The molecule has 0 radical (unpaired) electrons. The molecule has 1 heterocycles. The molecule has 1 fully saturated rings. The molecule has 0 aromatic carbocycles. The van der Waals surface area contributed by atoms with E-state index in [-0.39, 0.29) is 17.2 Å². The SMILES string of the molecule is CC(C)(C)OC(=O)NC1CNCC(CO[Si](C)(C)C(C)(C)C)C1. The number of carbonyl (C=O) groups excluding carboxylic acids is 1. The van der Waals surface area contributed by atoms with Gasteiger partial charge in [-0.25, -0.2) is 4.79 Å². The summed E-state index contributed by atoms with van der Waals surface area (Å²) in [6.45, 7) is 19.4. The van der Waals surface area contributed by atoms with Crippen LogP contribution in [-0.4, -0.2) is 45.7 Å². The second-order valence-corrected chi connectivity index (χ2v) is 14.0. The predicted molar refractivity (Wildman–Crippen MR) is 97.3 cm³/mol. The van der Waals surface area contributed by atoms with Crippen LogP contribution in [-0.2, 0) is 9.16 Å². The maximum absolute atomic E-state index is 11.9. The van der Waals surface area contributed by atoms with Gasteiger partial charge in [-0.1, -0.05) is 20.8 Å². The van der Waals surface area contributed by atoms with E-state index in [0.29, 0.717) is 5.92 Å². The van der Waals surface area contributed by atoms with Crippen molar-refractivity contribution in [1.82, 2.24) is 10.6 Å². The van der Waals surface area contributed by atoms with Crippen molar-refractivity contribution in [2.75, 3.05) is 19.7 Å². The third-order valence-electron chi connectivity index (χ3n) is 4.65. The monoisotopic (exact) mass is 344 g/mol. The number of nitrogens with one attached hydrogen (secondary N) is 2. The minimum atomic E-state index is -1.71. The summed E-state index contributed by atoms with van der Waals surface area (Å²) in [4.78, 5) is 11.9. The highest BCUT2D eigenvalue weighted by molar-refractivity contribution is 6.74. The molecule has 0 aromatic rings. The zero-order chi connectivity index (χ0) is 17.9. The molecule has 1 aliphatic rings. The van der Waals surface area contributed by atoms with Crippen molar-refractivity contribution in [3.05, 3.63) is 0 Å². The van der Waals surface area contributed by atoms with E-state index in [0.717, 1.165) is 26.1 Å². The van der Waals surface area contributed by atoms with Gasteiger partial charge >= 0.3 is 6.09 Å². The highest BCUT2D eigenvalue weighted by Gasteiger charge is 2.38. The lowest BCUT2D eigenvalue weighted by Gasteiger charge is -2.38. The molecular weight excluding hydrogens is 308 g/mol. The van der Waals surface area contributed by atoms with Crippen molar-refractivity contribution in [2.24, 2.45) is 5.92 Å². The van der Waals surface area contributed by atoms with E-state index in [1.807, 2.05) is 20.8 Å². The normalized spacial score (nSPS) is 23.5. The van der Waals surface area contributed by atoms with Gasteiger partial charge in [0.2, 0.25) is 0 Å². The van der Waals surface area contributed by atoms with Crippen molar-refractivity contribution < 1.29 is 14.0 Å². The third kappa shape index (κ3) is 7.22. The topological polar surface area (TPSA) is 59.6 Å². The average Bonchev–Trinajstić information content (AvgIpc) is 2.33. The Bertz CT molecular complexity index is 400. The molecule has 2 atom stereocenters. The van der Waals surface area contributed by atoms with E-state index in [9.17, 15) is 4.79 Å². The second kappa shape index (κ2) is 7.53. The van der Waals surface area contributed by atoms with Crippen LogP contribution in [0.5, 0.6) is 0 Å². The van der Waals surface area contributed by atoms with E-state index in [1.54, 1.807) is 0 Å². The van der Waals surface area contributed by atoms with Gasteiger partial charge in [0.05, 0.1) is 0 Å². The fourth-order valence-corrected chi connectivity index (χ4v) is 3.37. The first-order valence-corrected chi connectivity index (χ1v) is 11.6. The molecule has 2 unspecified atom stereocenters. The van der Waals surface area contributed by atoms with E-state index in [1.165, 1.54) is 0 Å². The molecule has 1 aliphatic heterocycles. The molecule has 6 heteroatoms. The molecule has 2 N–H and O–H groups in total. The lowest BCUT2D eigenvalue weighted by atomic mass is 9.97. The lowest BCUT2D eigenvalue weighted by Crippen LogP contribution is -2.51. The molecule has 0 saturated carbocycles. The summed E-state index contributed by atoms with van der Waals surface area (Å²) in [5.74, 6) is 0.429. The van der Waals surface area contributed by atoms with Gasteiger partial charge in [-0.05, 0) is 51.2 Å². The summed E-state index contributed by atoms with van der Waals surface area (Å²) in [7, 11) is -1.71. The molecule has 136 valence electrons. The van der Waals surface area contributed by atoms with Crippen molar-refractivity contribution >= 4 is 14.4 Å². The van der Waals surface area contributed by atoms with Gasteiger partial charge in [-0.2, -0.15) is 0 Å². The highest BCUT2D eigenvalue weighted by Crippen LogP contribution is 2.37. The number of hydrogen-bond acceptors (Lipinski definition) is 4. The number of carbonyl (C=O) groups is 1. The number of rotatable bonds is 4. The molecular formula is C17H36N2O3Si. The van der Waals surface area contributed by atoms with Gasteiger partial charge in [0, 0.05) is 25.7 Å². The highest BCUT2D eigenvalue weighted by atomic mass is 28.4. The number of hydrogen-bond donors (Lipinski definition) is 2. The zero-order valence-electron chi connectivity index (χ0n) is 16.2. The van der Waals surface area contributed by atoms with Crippen molar-refractivity contribution in [1.29, 1.82) is 0 Å². The molecule has 0 bridgehead atoms.